The van der Waals surface area contributed by atoms with E-state index in [2.05, 4.69) is 0 Å². The molecule has 0 N–H and O–H groups in total. The van der Waals surface area contributed by atoms with Crippen molar-refractivity contribution in [2.45, 2.75) is 6.42 Å². The van der Waals surface area contributed by atoms with E-state index in [1.165, 1.54) is 12.1 Å². The Morgan fingerprint density at radius 2 is 1.81 bits per heavy atom. The highest BCUT2D eigenvalue weighted by Gasteiger charge is 2.24. The minimum absolute atomic E-state index is 0.00156. The molecule has 106 valence electrons. The summed E-state index contributed by atoms with van der Waals surface area (Å²) in [5.41, 5.74) is 4.20. The van der Waals surface area contributed by atoms with Gasteiger partial charge in [-0.05, 0) is 47.5 Å². The molecular weight excluding hydrogens is 265 g/mol. The van der Waals surface area contributed by atoms with Gasteiger partial charge in [0.05, 0.1) is 0 Å². The van der Waals surface area contributed by atoms with Gasteiger partial charge in [-0.25, -0.2) is 4.39 Å². The molecule has 0 saturated heterocycles. The number of rotatable bonds is 2. The summed E-state index contributed by atoms with van der Waals surface area (Å²) in [5, 5.41) is 0. The fourth-order valence-corrected chi connectivity index (χ4v) is 2.57. The van der Waals surface area contributed by atoms with Crippen LogP contribution in [0.15, 0.2) is 48.0 Å². The molecule has 0 aromatic heterocycles. The predicted molar refractivity (Wildman–Crippen MR) is 83.2 cm³/mol. The SMILES string of the molecule is CN(C)c1ccc(/C=C2\Cc3cc(F)ccc3C2=O)cc1. The number of Topliss-reactive ketones (excluding diaryl/α,β-unsaturated/α-hetero) is 1. The summed E-state index contributed by atoms with van der Waals surface area (Å²) >= 11 is 0. The summed E-state index contributed by atoms with van der Waals surface area (Å²) in [6, 6.07) is 12.4. The van der Waals surface area contributed by atoms with Gasteiger partial charge >= 0.3 is 0 Å². The second-order valence-corrected chi connectivity index (χ2v) is 5.46. The number of anilines is 1. The van der Waals surface area contributed by atoms with Crippen LogP contribution < -0.4 is 4.90 Å². The van der Waals surface area contributed by atoms with Gasteiger partial charge in [-0.2, -0.15) is 0 Å². The zero-order valence-corrected chi connectivity index (χ0v) is 12.1. The van der Waals surface area contributed by atoms with Crippen molar-refractivity contribution in [2.75, 3.05) is 19.0 Å². The first-order valence-corrected chi connectivity index (χ1v) is 6.85. The largest absolute Gasteiger partial charge is 0.378 e. The van der Waals surface area contributed by atoms with Crippen molar-refractivity contribution in [1.82, 2.24) is 0 Å². The highest BCUT2D eigenvalue weighted by atomic mass is 19.1. The van der Waals surface area contributed by atoms with Crippen LogP contribution in [0, 0.1) is 5.82 Å². The number of allylic oxidation sites excluding steroid dienone is 1. The number of nitrogens with zero attached hydrogens (tertiary/aromatic N) is 1. The lowest BCUT2D eigenvalue weighted by atomic mass is 10.1. The Kier molecular flexibility index (Phi) is 3.34. The van der Waals surface area contributed by atoms with E-state index < -0.39 is 0 Å². The van der Waals surface area contributed by atoms with E-state index >= 15 is 0 Å². The molecule has 2 aromatic rings. The summed E-state index contributed by atoms with van der Waals surface area (Å²) in [5.74, 6) is -0.292. The second kappa shape index (κ2) is 5.17. The van der Waals surface area contributed by atoms with Crippen molar-refractivity contribution in [1.29, 1.82) is 0 Å². The lowest BCUT2D eigenvalue weighted by Crippen LogP contribution is -2.07. The van der Waals surface area contributed by atoms with Crippen molar-refractivity contribution in [2.24, 2.45) is 0 Å². The van der Waals surface area contributed by atoms with Gasteiger partial charge < -0.3 is 4.90 Å². The molecule has 21 heavy (non-hydrogen) atoms. The number of ketones is 1. The molecule has 0 amide bonds. The molecule has 0 bridgehead atoms. The van der Waals surface area contributed by atoms with E-state index in [4.69, 9.17) is 0 Å². The molecule has 1 aliphatic carbocycles. The summed E-state index contributed by atoms with van der Waals surface area (Å²) in [6.45, 7) is 0. The molecule has 2 nitrogen and oxygen atoms in total. The van der Waals surface area contributed by atoms with Crippen LogP contribution in [0.25, 0.3) is 6.08 Å². The van der Waals surface area contributed by atoms with Crippen LogP contribution in [0.5, 0.6) is 0 Å². The summed E-state index contributed by atoms with van der Waals surface area (Å²) < 4.78 is 13.2. The van der Waals surface area contributed by atoms with Gasteiger partial charge in [-0.3, -0.25) is 4.79 Å². The first-order valence-electron chi connectivity index (χ1n) is 6.85. The predicted octanol–water partition coefficient (Wildman–Crippen LogP) is 3.71. The van der Waals surface area contributed by atoms with Gasteiger partial charge in [0.15, 0.2) is 5.78 Å². The molecule has 0 saturated carbocycles. The lowest BCUT2D eigenvalue weighted by Gasteiger charge is -2.11. The molecule has 0 radical (unpaired) electrons. The zero-order chi connectivity index (χ0) is 15.0. The maximum Gasteiger partial charge on any atom is 0.189 e. The Bertz CT molecular complexity index is 729. The van der Waals surface area contributed by atoms with E-state index in [-0.39, 0.29) is 11.6 Å². The standard InChI is InChI=1S/C18H16FNO/c1-20(2)16-6-3-12(4-7-16)9-14-10-13-11-15(19)5-8-17(13)18(14)21/h3-9,11H,10H2,1-2H3/b14-9+. The monoisotopic (exact) mass is 281 g/mol. The Hall–Kier alpha value is -2.42. The summed E-state index contributed by atoms with van der Waals surface area (Å²) in [6.07, 6.45) is 2.39. The van der Waals surface area contributed by atoms with Crippen LogP contribution in [0.1, 0.15) is 21.5 Å². The van der Waals surface area contributed by atoms with E-state index in [1.54, 1.807) is 6.07 Å². The van der Waals surface area contributed by atoms with Crippen LogP contribution in [-0.2, 0) is 6.42 Å². The number of fused-ring (bicyclic) bond motifs is 1. The molecule has 2 aromatic carbocycles. The Morgan fingerprint density at radius 1 is 1.10 bits per heavy atom. The normalized spacial score (nSPS) is 15.4. The van der Waals surface area contributed by atoms with Gasteiger partial charge in [-0.1, -0.05) is 12.1 Å². The molecule has 0 unspecified atom stereocenters. The van der Waals surface area contributed by atoms with Crippen molar-refractivity contribution in [3.63, 3.8) is 0 Å². The third-order valence-corrected chi connectivity index (χ3v) is 3.73. The molecule has 1 aliphatic rings. The maximum absolute atomic E-state index is 13.2. The molecule has 0 fully saturated rings. The highest BCUT2D eigenvalue weighted by molar-refractivity contribution is 6.15. The molecule has 3 heteroatoms. The van der Waals surface area contributed by atoms with Gasteiger partial charge in [0, 0.05) is 37.3 Å². The fourth-order valence-electron chi connectivity index (χ4n) is 2.57. The zero-order valence-electron chi connectivity index (χ0n) is 12.1. The summed E-state index contributed by atoms with van der Waals surface area (Å²) in [7, 11) is 3.97. The number of carbonyl (C=O) groups excluding carboxylic acids is 1. The van der Waals surface area contributed by atoms with Crippen molar-refractivity contribution < 1.29 is 9.18 Å². The lowest BCUT2D eigenvalue weighted by molar-refractivity contribution is 0.104. The van der Waals surface area contributed by atoms with E-state index in [1.807, 2.05) is 49.3 Å². The fraction of sp³-hybridized carbons (Fsp3) is 0.167. The van der Waals surface area contributed by atoms with Gasteiger partial charge in [0.25, 0.3) is 0 Å². The molecule has 0 heterocycles. The van der Waals surface area contributed by atoms with Gasteiger partial charge in [-0.15, -0.1) is 0 Å². The second-order valence-electron chi connectivity index (χ2n) is 5.46. The smallest absolute Gasteiger partial charge is 0.189 e. The van der Waals surface area contributed by atoms with Crippen LogP contribution in [0.4, 0.5) is 10.1 Å². The summed E-state index contributed by atoms with van der Waals surface area (Å²) in [4.78, 5) is 14.3. The number of hydrogen-bond acceptors (Lipinski definition) is 2. The molecule has 0 aliphatic heterocycles. The van der Waals surface area contributed by atoms with Crippen LogP contribution >= 0.6 is 0 Å². The number of hydrogen-bond donors (Lipinski definition) is 0. The first kappa shape index (κ1) is 13.6. The first-order chi connectivity index (χ1) is 10.0. The average Bonchev–Trinajstić information content (AvgIpc) is 2.75. The highest BCUT2D eigenvalue weighted by Crippen LogP contribution is 2.28. The van der Waals surface area contributed by atoms with Crippen LogP contribution in [-0.4, -0.2) is 19.9 Å². The topological polar surface area (TPSA) is 20.3 Å². The number of halogens is 1. The Labute approximate surface area is 123 Å². The van der Waals surface area contributed by atoms with E-state index in [0.717, 1.165) is 16.8 Å². The Morgan fingerprint density at radius 3 is 2.48 bits per heavy atom. The number of carbonyl (C=O) groups is 1. The molecule has 0 spiro atoms. The maximum atomic E-state index is 13.2. The third-order valence-electron chi connectivity index (χ3n) is 3.73. The molecule has 0 atom stereocenters. The van der Waals surface area contributed by atoms with E-state index in [9.17, 15) is 9.18 Å². The Balaban J connectivity index is 1.90. The molecule has 3 rings (SSSR count). The van der Waals surface area contributed by atoms with Gasteiger partial charge in [0.2, 0.25) is 0 Å². The quantitative estimate of drug-likeness (QED) is 0.782. The van der Waals surface area contributed by atoms with E-state index in [0.29, 0.717) is 17.6 Å². The van der Waals surface area contributed by atoms with Gasteiger partial charge in [0.1, 0.15) is 5.82 Å². The minimum Gasteiger partial charge on any atom is -0.378 e. The van der Waals surface area contributed by atoms with Crippen molar-refractivity contribution in [3.8, 4) is 0 Å². The third kappa shape index (κ3) is 2.59. The number of benzene rings is 2. The van der Waals surface area contributed by atoms with Crippen LogP contribution in [0.3, 0.4) is 0 Å². The average molecular weight is 281 g/mol. The van der Waals surface area contributed by atoms with Crippen LogP contribution in [0.2, 0.25) is 0 Å². The molecular formula is C18H16FNO. The van der Waals surface area contributed by atoms with Crippen molar-refractivity contribution >= 4 is 17.5 Å². The van der Waals surface area contributed by atoms with Crippen molar-refractivity contribution in [3.05, 3.63) is 70.5 Å². The minimum atomic E-state index is -0.293.